The Balaban J connectivity index is 2.31. The lowest BCUT2D eigenvalue weighted by Gasteiger charge is -2.22. The van der Waals surface area contributed by atoms with Gasteiger partial charge in [0.1, 0.15) is 5.82 Å². The van der Waals surface area contributed by atoms with Crippen LogP contribution in [0.5, 0.6) is 0 Å². The number of benzene rings is 1. The van der Waals surface area contributed by atoms with Crippen molar-refractivity contribution in [2.45, 2.75) is 6.35 Å². The van der Waals surface area contributed by atoms with Crippen molar-refractivity contribution in [2.24, 2.45) is 5.73 Å². The third kappa shape index (κ3) is 1.51. The molecular formula is C9H12FN3O. The maximum Gasteiger partial charge on any atom is 0.184 e. The van der Waals surface area contributed by atoms with E-state index in [0.717, 1.165) is 0 Å². The topological polar surface area (TPSA) is 64.5 Å². The summed E-state index contributed by atoms with van der Waals surface area (Å²) in [5.74, 6) is -0.369. The first-order valence-corrected chi connectivity index (χ1v) is 4.37. The molecule has 4 nitrogen and oxygen atoms in total. The molecule has 0 aliphatic carbocycles. The molecule has 1 aromatic carbocycles. The highest BCUT2D eigenvalue weighted by Crippen LogP contribution is 2.24. The molecular weight excluding hydrogens is 185 g/mol. The second-order valence-corrected chi connectivity index (χ2v) is 3.17. The number of ether oxygens (including phenoxy) is 1. The molecule has 0 amide bonds. The molecule has 1 heterocycles. The Morgan fingerprint density at radius 1 is 1.50 bits per heavy atom. The van der Waals surface area contributed by atoms with Crippen LogP contribution in [0.1, 0.15) is 0 Å². The van der Waals surface area contributed by atoms with Gasteiger partial charge in [-0.1, -0.05) is 0 Å². The van der Waals surface area contributed by atoms with E-state index in [1.807, 2.05) is 0 Å². The van der Waals surface area contributed by atoms with Crippen molar-refractivity contribution in [3.8, 4) is 0 Å². The minimum Gasteiger partial charge on any atom is -0.399 e. The summed E-state index contributed by atoms with van der Waals surface area (Å²) in [5.41, 5.74) is 11.9. The van der Waals surface area contributed by atoms with E-state index in [-0.39, 0.29) is 5.82 Å². The zero-order valence-corrected chi connectivity index (χ0v) is 7.61. The van der Waals surface area contributed by atoms with Crippen LogP contribution in [-0.4, -0.2) is 19.5 Å². The summed E-state index contributed by atoms with van der Waals surface area (Å²) in [5, 5.41) is 0. The van der Waals surface area contributed by atoms with Crippen LogP contribution in [0, 0.1) is 5.82 Å². The lowest BCUT2D eigenvalue weighted by Crippen LogP contribution is -2.37. The van der Waals surface area contributed by atoms with Crippen LogP contribution in [0.15, 0.2) is 18.2 Å². The molecule has 14 heavy (non-hydrogen) atoms. The minimum atomic E-state index is -0.562. The van der Waals surface area contributed by atoms with Crippen LogP contribution in [0.4, 0.5) is 15.8 Å². The summed E-state index contributed by atoms with van der Waals surface area (Å²) in [4.78, 5) is 1.66. The van der Waals surface area contributed by atoms with Gasteiger partial charge in [0.05, 0.1) is 12.3 Å². The average molecular weight is 197 g/mol. The number of nitrogen functional groups attached to an aromatic ring is 1. The standard InChI is InChI=1S/C9H12FN3O/c10-7-5-6(11)1-2-8(7)13-3-4-14-9(13)12/h1-2,5,9H,3-4,11-12H2. The molecule has 1 saturated heterocycles. The van der Waals surface area contributed by atoms with Crippen molar-refractivity contribution in [1.29, 1.82) is 0 Å². The quantitative estimate of drug-likeness (QED) is 0.643. The van der Waals surface area contributed by atoms with Crippen molar-refractivity contribution < 1.29 is 9.13 Å². The fraction of sp³-hybridized carbons (Fsp3) is 0.333. The summed E-state index contributed by atoms with van der Waals surface area (Å²) < 4.78 is 18.6. The molecule has 0 bridgehead atoms. The predicted octanol–water partition coefficient (Wildman–Crippen LogP) is 0.487. The number of halogens is 1. The van der Waals surface area contributed by atoms with Gasteiger partial charge in [0.25, 0.3) is 0 Å². The number of hydrogen-bond acceptors (Lipinski definition) is 4. The summed E-state index contributed by atoms with van der Waals surface area (Å²) in [7, 11) is 0. The van der Waals surface area contributed by atoms with E-state index >= 15 is 0 Å². The third-order valence-corrected chi connectivity index (χ3v) is 2.21. The second-order valence-electron chi connectivity index (χ2n) is 3.17. The first kappa shape index (κ1) is 9.23. The monoisotopic (exact) mass is 197 g/mol. The molecule has 1 atom stereocenters. The maximum atomic E-state index is 13.4. The lowest BCUT2D eigenvalue weighted by atomic mass is 10.2. The Kier molecular flexibility index (Phi) is 2.26. The number of hydrogen-bond donors (Lipinski definition) is 2. The summed E-state index contributed by atoms with van der Waals surface area (Å²) >= 11 is 0. The third-order valence-electron chi connectivity index (χ3n) is 2.21. The van der Waals surface area contributed by atoms with Crippen LogP contribution in [0.2, 0.25) is 0 Å². The highest BCUT2D eigenvalue weighted by atomic mass is 19.1. The van der Waals surface area contributed by atoms with Gasteiger partial charge in [-0.15, -0.1) is 0 Å². The summed E-state index contributed by atoms with van der Waals surface area (Å²) in [6.45, 7) is 1.12. The second kappa shape index (κ2) is 3.43. The first-order valence-electron chi connectivity index (χ1n) is 4.37. The molecule has 0 radical (unpaired) electrons. The van der Waals surface area contributed by atoms with Crippen LogP contribution >= 0.6 is 0 Å². The first-order chi connectivity index (χ1) is 6.68. The molecule has 0 spiro atoms. The van der Waals surface area contributed by atoms with Crippen molar-refractivity contribution in [1.82, 2.24) is 0 Å². The molecule has 0 saturated carbocycles. The van der Waals surface area contributed by atoms with E-state index in [4.69, 9.17) is 16.2 Å². The van der Waals surface area contributed by atoms with Crippen molar-refractivity contribution in [3.05, 3.63) is 24.0 Å². The zero-order valence-electron chi connectivity index (χ0n) is 7.61. The molecule has 4 N–H and O–H groups in total. The fourth-order valence-electron chi connectivity index (χ4n) is 1.50. The highest BCUT2D eigenvalue weighted by Gasteiger charge is 2.23. The van der Waals surface area contributed by atoms with Gasteiger partial charge in [0.15, 0.2) is 6.35 Å². The molecule has 1 aliphatic rings. The van der Waals surface area contributed by atoms with Gasteiger partial charge < -0.3 is 15.4 Å². The Morgan fingerprint density at radius 2 is 2.29 bits per heavy atom. The number of anilines is 2. The smallest absolute Gasteiger partial charge is 0.184 e. The minimum absolute atomic E-state index is 0.369. The predicted molar refractivity (Wildman–Crippen MR) is 52.1 cm³/mol. The van der Waals surface area contributed by atoms with Crippen LogP contribution in [-0.2, 0) is 4.74 Å². The van der Waals surface area contributed by atoms with Gasteiger partial charge >= 0.3 is 0 Å². The number of nitrogens with two attached hydrogens (primary N) is 2. The summed E-state index contributed by atoms with van der Waals surface area (Å²) in [6.07, 6.45) is -0.562. The van der Waals surface area contributed by atoms with Gasteiger partial charge in [0, 0.05) is 12.2 Å². The largest absolute Gasteiger partial charge is 0.399 e. The van der Waals surface area contributed by atoms with Crippen molar-refractivity contribution >= 4 is 11.4 Å². The SMILES string of the molecule is Nc1ccc(N2CCOC2N)c(F)c1. The number of nitrogens with zero attached hydrogens (tertiary/aromatic N) is 1. The van der Waals surface area contributed by atoms with E-state index < -0.39 is 6.35 Å². The van der Waals surface area contributed by atoms with Crippen LogP contribution in [0.3, 0.4) is 0 Å². The van der Waals surface area contributed by atoms with Gasteiger partial charge in [-0.3, -0.25) is 5.73 Å². The molecule has 1 unspecified atom stereocenters. The van der Waals surface area contributed by atoms with E-state index in [0.29, 0.717) is 24.5 Å². The van der Waals surface area contributed by atoms with Gasteiger partial charge in [0.2, 0.25) is 0 Å². The Morgan fingerprint density at radius 3 is 2.86 bits per heavy atom. The van der Waals surface area contributed by atoms with E-state index in [2.05, 4.69) is 0 Å². The Hall–Kier alpha value is -1.33. The fourth-order valence-corrected chi connectivity index (χ4v) is 1.50. The maximum absolute atomic E-state index is 13.4. The molecule has 1 aromatic rings. The van der Waals surface area contributed by atoms with E-state index in [1.165, 1.54) is 6.07 Å². The van der Waals surface area contributed by atoms with E-state index in [9.17, 15) is 4.39 Å². The van der Waals surface area contributed by atoms with Gasteiger partial charge in [-0.05, 0) is 18.2 Å². The molecule has 1 fully saturated rings. The normalized spacial score (nSPS) is 21.6. The average Bonchev–Trinajstić information content (AvgIpc) is 2.52. The summed E-state index contributed by atoms with van der Waals surface area (Å²) in [6, 6.07) is 4.53. The van der Waals surface area contributed by atoms with Crippen molar-refractivity contribution in [3.63, 3.8) is 0 Å². The zero-order chi connectivity index (χ0) is 10.1. The molecule has 2 rings (SSSR count). The molecule has 0 aromatic heterocycles. The molecule has 76 valence electrons. The van der Waals surface area contributed by atoms with Crippen LogP contribution < -0.4 is 16.4 Å². The number of rotatable bonds is 1. The van der Waals surface area contributed by atoms with Crippen molar-refractivity contribution in [2.75, 3.05) is 23.8 Å². The molecule has 5 heteroatoms. The van der Waals surface area contributed by atoms with Gasteiger partial charge in [-0.2, -0.15) is 0 Å². The van der Waals surface area contributed by atoms with Gasteiger partial charge in [-0.25, -0.2) is 4.39 Å². The van der Waals surface area contributed by atoms with Crippen LogP contribution in [0.25, 0.3) is 0 Å². The lowest BCUT2D eigenvalue weighted by molar-refractivity contribution is 0.118. The van der Waals surface area contributed by atoms with E-state index in [1.54, 1.807) is 17.0 Å². The highest BCUT2D eigenvalue weighted by molar-refractivity contribution is 5.55. The Labute approximate surface area is 81.2 Å². The molecule has 1 aliphatic heterocycles. The Bertz CT molecular complexity index is 345.